The molecule has 128 valence electrons. The van der Waals surface area contributed by atoms with E-state index in [1.54, 1.807) is 15.7 Å². The highest BCUT2D eigenvalue weighted by atomic mass is 32.1. The molecular formula is C19H19N3O2S. The average molecular weight is 353 g/mol. The number of nitrogens with zero attached hydrogens (tertiary/aromatic N) is 2. The lowest BCUT2D eigenvalue weighted by atomic mass is 10.0. The van der Waals surface area contributed by atoms with Gasteiger partial charge in [-0.1, -0.05) is 29.8 Å². The summed E-state index contributed by atoms with van der Waals surface area (Å²) in [4.78, 5) is 31.6. The van der Waals surface area contributed by atoms with Crippen molar-refractivity contribution in [1.29, 1.82) is 0 Å². The molecule has 1 N–H and O–H groups in total. The Labute approximate surface area is 149 Å². The van der Waals surface area contributed by atoms with Gasteiger partial charge in [-0.05, 0) is 38.2 Å². The fraction of sp³-hybridized carbons (Fsp3) is 0.316. The van der Waals surface area contributed by atoms with Gasteiger partial charge >= 0.3 is 0 Å². The quantitative estimate of drug-likeness (QED) is 0.787. The van der Waals surface area contributed by atoms with Gasteiger partial charge in [0.1, 0.15) is 5.56 Å². The first-order valence-corrected chi connectivity index (χ1v) is 9.31. The number of aromatic nitrogens is 2. The summed E-state index contributed by atoms with van der Waals surface area (Å²) in [6.07, 6.45) is 5.51. The molecule has 1 aliphatic rings. The topological polar surface area (TPSA) is 63.5 Å². The number of amides is 1. The highest BCUT2D eigenvalue weighted by Crippen LogP contribution is 2.28. The van der Waals surface area contributed by atoms with Crippen LogP contribution in [0.4, 0.5) is 0 Å². The highest BCUT2D eigenvalue weighted by Gasteiger charge is 2.21. The normalized spacial score (nSPS) is 13.6. The van der Waals surface area contributed by atoms with Crippen LogP contribution in [-0.4, -0.2) is 15.3 Å². The third kappa shape index (κ3) is 2.98. The SMILES string of the molecule is Cc1ccc(CNC(=O)c2cnc3sc4c(n3c2=O)CCCC4)cc1. The Morgan fingerprint density at radius 3 is 2.80 bits per heavy atom. The fourth-order valence-corrected chi connectivity index (χ4v) is 4.38. The Kier molecular flexibility index (Phi) is 4.13. The summed E-state index contributed by atoms with van der Waals surface area (Å²) in [5.41, 5.74) is 3.06. The van der Waals surface area contributed by atoms with Crippen LogP contribution in [0.25, 0.3) is 4.96 Å². The van der Waals surface area contributed by atoms with Crippen molar-refractivity contribution in [2.24, 2.45) is 0 Å². The Bertz CT molecular complexity index is 1000. The van der Waals surface area contributed by atoms with E-state index in [0.29, 0.717) is 11.5 Å². The van der Waals surface area contributed by atoms with E-state index in [4.69, 9.17) is 0 Å². The third-order valence-corrected chi connectivity index (χ3v) is 5.78. The smallest absolute Gasteiger partial charge is 0.271 e. The van der Waals surface area contributed by atoms with E-state index in [2.05, 4.69) is 10.3 Å². The molecule has 0 bridgehead atoms. The molecule has 1 aromatic carbocycles. The standard InChI is InChI=1S/C19H19N3O2S/c1-12-6-8-13(9-7-12)10-20-17(23)14-11-21-19-22(18(14)24)15-4-2-3-5-16(15)25-19/h6-9,11H,2-5,10H2,1H3,(H,20,23). The summed E-state index contributed by atoms with van der Waals surface area (Å²) in [5, 5.41) is 2.82. The molecule has 25 heavy (non-hydrogen) atoms. The molecule has 6 heteroatoms. The zero-order valence-corrected chi connectivity index (χ0v) is 14.9. The molecule has 4 rings (SSSR count). The van der Waals surface area contributed by atoms with Gasteiger partial charge in [-0.25, -0.2) is 4.98 Å². The molecule has 2 heterocycles. The van der Waals surface area contributed by atoms with Crippen molar-refractivity contribution in [1.82, 2.24) is 14.7 Å². The first-order chi connectivity index (χ1) is 12.1. The molecule has 0 atom stereocenters. The number of fused-ring (bicyclic) bond motifs is 3. The van der Waals surface area contributed by atoms with Crippen LogP contribution in [0.15, 0.2) is 35.3 Å². The molecule has 1 amide bonds. The first kappa shape index (κ1) is 16.0. The van der Waals surface area contributed by atoms with E-state index in [1.165, 1.54) is 16.6 Å². The zero-order chi connectivity index (χ0) is 17.4. The lowest BCUT2D eigenvalue weighted by Gasteiger charge is -2.10. The summed E-state index contributed by atoms with van der Waals surface area (Å²) >= 11 is 1.57. The van der Waals surface area contributed by atoms with Crippen molar-refractivity contribution in [3.8, 4) is 0 Å². The largest absolute Gasteiger partial charge is 0.348 e. The van der Waals surface area contributed by atoms with Crippen LogP contribution in [0.3, 0.4) is 0 Å². The lowest BCUT2D eigenvalue weighted by molar-refractivity contribution is 0.0949. The Morgan fingerprint density at radius 1 is 1.24 bits per heavy atom. The Balaban J connectivity index is 1.62. The van der Waals surface area contributed by atoms with E-state index >= 15 is 0 Å². The van der Waals surface area contributed by atoms with E-state index in [1.807, 2.05) is 31.2 Å². The third-order valence-electron chi connectivity index (χ3n) is 4.62. The summed E-state index contributed by atoms with van der Waals surface area (Å²) < 4.78 is 1.64. The van der Waals surface area contributed by atoms with Gasteiger partial charge in [-0.15, -0.1) is 11.3 Å². The van der Waals surface area contributed by atoms with Crippen LogP contribution >= 0.6 is 11.3 Å². The molecule has 0 spiro atoms. The predicted octanol–water partition coefficient (Wildman–Crippen LogP) is 2.87. The molecule has 5 nitrogen and oxygen atoms in total. The van der Waals surface area contributed by atoms with Crippen LogP contribution in [0.5, 0.6) is 0 Å². The summed E-state index contributed by atoms with van der Waals surface area (Å²) in [5.74, 6) is -0.372. The molecule has 0 saturated heterocycles. The Morgan fingerprint density at radius 2 is 2.00 bits per heavy atom. The van der Waals surface area contributed by atoms with E-state index in [0.717, 1.165) is 36.9 Å². The minimum absolute atomic E-state index is 0.107. The number of hydrogen-bond acceptors (Lipinski definition) is 4. The lowest BCUT2D eigenvalue weighted by Crippen LogP contribution is -2.31. The van der Waals surface area contributed by atoms with Gasteiger partial charge in [-0.2, -0.15) is 0 Å². The molecule has 3 aromatic rings. The van der Waals surface area contributed by atoms with Crippen molar-refractivity contribution in [3.05, 3.63) is 68.1 Å². The second-order valence-corrected chi connectivity index (χ2v) is 7.50. The van der Waals surface area contributed by atoms with Crippen molar-refractivity contribution in [2.75, 3.05) is 0 Å². The zero-order valence-electron chi connectivity index (χ0n) is 14.0. The second-order valence-electron chi connectivity index (χ2n) is 6.44. The van der Waals surface area contributed by atoms with E-state index < -0.39 is 0 Å². The molecular weight excluding hydrogens is 334 g/mol. The Hall–Kier alpha value is -2.47. The minimum atomic E-state index is -0.372. The number of hydrogen-bond donors (Lipinski definition) is 1. The fourth-order valence-electron chi connectivity index (χ4n) is 3.21. The minimum Gasteiger partial charge on any atom is -0.348 e. The van der Waals surface area contributed by atoms with Gasteiger partial charge in [-0.3, -0.25) is 14.0 Å². The van der Waals surface area contributed by atoms with Crippen LogP contribution < -0.4 is 10.9 Å². The molecule has 0 fully saturated rings. The molecule has 0 radical (unpaired) electrons. The number of nitrogens with one attached hydrogen (secondary N) is 1. The number of carbonyl (C=O) groups excluding carboxylic acids is 1. The van der Waals surface area contributed by atoms with E-state index in [-0.39, 0.29) is 17.0 Å². The maximum atomic E-state index is 12.8. The average Bonchev–Trinajstić information content (AvgIpc) is 3.00. The van der Waals surface area contributed by atoms with Gasteiger partial charge in [0, 0.05) is 23.3 Å². The molecule has 2 aromatic heterocycles. The van der Waals surface area contributed by atoms with E-state index in [9.17, 15) is 9.59 Å². The van der Waals surface area contributed by atoms with Gasteiger partial charge in [0.15, 0.2) is 4.96 Å². The number of benzene rings is 1. The monoisotopic (exact) mass is 353 g/mol. The number of rotatable bonds is 3. The second kappa shape index (κ2) is 6.44. The number of thiazole rings is 1. The van der Waals surface area contributed by atoms with Gasteiger partial charge in [0.05, 0.1) is 0 Å². The first-order valence-electron chi connectivity index (χ1n) is 8.49. The van der Waals surface area contributed by atoms with Gasteiger partial charge < -0.3 is 5.32 Å². The van der Waals surface area contributed by atoms with Crippen LogP contribution in [0, 0.1) is 6.92 Å². The van der Waals surface area contributed by atoms with Crippen molar-refractivity contribution < 1.29 is 4.79 Å². The van der Waals surface area contributed by atoms with Crippen molar-refractivity contribution in [2.45, 2.75) is 39.2 Å². The molecule has 1 aliphatic carbocycles. The van der Waals surface area contributed by atoms with Crippen LogP contribution in [0.2, 0.25) is 0 Å². The van der Waals surface area contributed by atoms with Crippen LogP contribution in [-0.2, 0) is 19.4 Å². The van der Waals surface area contributed by atoms with Crippen molar-refractivity contribution >= 4 is 22.2 Å². The molecule has 0 aliphatic heterocycles. The van der Waals surface area contributed by atoms with Gasteiger partial charge in [0.25, 0.3) is 11.5 Å². The molecule has 0 saturated carbocycles. The molecule has 0 unspecified atom stereocenters. The summed E-state index contributed by atoms with van der Waals surface area (Å²) in [6.45, 7) is 2.41. The summed E-state index contributed by atoms with van der Waals surface area (Å²) in [6, 6.07) is 7.95. The number of aryl methyl sites for hydroxylation is 3. The van der Waals surface area contributed by atoms with Crippen LogP contribution in [0.1, 0.15) is 44.9 Å². The number of carbonyl (C=O) groups is 1. The summed E-state index contributed by atoms with van der Waals surface area (Å²) in [7, 11) is 0. The maximum Gasteiger partial charge on any atom is 0.271 e. The van der Waals surface area contributed by atoms with Crippen molar-refractivity contribution in [3.63, 3.8) is 0 Å². The van der Waals surface area contributed by atoms with Gasteiger partial charge in [0.2, 0.25) is 0 Å². The predicted molar refractivity (Wildman–Crippen MR) is 98.3 cm³/mol. The highest BCUT2D eigenvalue weighted by molar-refractivity contribution is 7.17. The maximum absolute atomic E-state index is 12.8.